The Bertz CT molecular complexity index is 615. The van der Waals surface area contributed by atoms with Crippen molar-refractivity contribution >= 4 is 32.7 Å². The molecule has 0 spiro atoms. The number of hydrogen-bond donors (Lipinski definition) is 1. The van der Waals surface area contributed by atoms with Crippen LogP contribution in [0.15, 0.2) is 34.8 Å². The van der Waals surface area contributed by atoms with Gasteiger partial charge in [0.1, 0.15) is 0 Å². The number of benzene rings is 1. The van der Waals surface area contributed by atoms with E-state index in [-0.39, 0.29) is 5.91 Å². The van der Waals surface area contributed by atoms with Gasteiger partial charge in [-0.15, -0.1) is 0 Å². The van der Waals surface area contributed by atoms with E-state index in [0.717, 1.165) is 34.2 Å². The molecule has 1 heterocycles. The summed E-state index contributed by atoms with van der Waals surface area (Å²) in [6.07, 6.45) is 0. The van der Waals surface area contributed by atoms with Crippen molar-refractivity contribution < 1.29 is 4.79 Å². The Morgan fingerprint density at radius 3 is 2.85 bits per heavy atom. The molecule has 1 aromatic heterocycles. The van der Waals surface area contributed by atoms with Gasteiger partial charge in [-0.3, -0.25) is 14.7 Å². The normalized spacial score (nSPS) is 11.0. The Morgan fingerprint density at radius 2 is 2.10 bits per heavy atom. The first-order chi connectivity index (χ1) is 9.54. The molecule has 0 saturated carbocycles. The Hall–Kier alpha value is -1.46. The zero-order valence-electron chi connectivity index (χ0n) is 11.7. The Kier molecular flexibility index (Phi) is 5.09. The predicted molar refractivity (Wildman–Crippen MR) is 84.5 cm³/mol. The minimum absolute atomic E-state index is 0.00656. The fourth-order valence-electron chi connectivity index (χ4n) is 2.00. The van der Waals surface area contributed by atoms with E-state index in [2.05, 4.69) is 43.3 Å². The number of carbonyl (C=O) groups is 1. The highest BCUT2D eigenvalue weighted by Crippen LogP contribution is 2.18. The van der Waals surface area contributed by atoms with Gasteiger partial charge < -0.3 is 5.32 Å². The lowest BCUT2D eigenvalue weighted by molar-refractivity contribution is -0.119. The van der Waals surface area contributed by atoms with Crippen LogP contribution in [0.1, 0.15) is 12.6 Å². The third kappa shape index (κ3) is 4.28. The molecule has 0 saturated heterocycles. The highest BCUT2D eigenvalue weighted by atomic mass is 79.9. The topological polar surface area (TPSA) is 45.2 Å². The lowest BCUT2D eigenvalue weighted by Gasteiger charge is -2.16. The number of aromatic nitrogens is 1. The van der Waals surface area contributed by atoms with Crippen LogP contribution in [-0.4, -0.2) is 35.9 Å². The Balaban J connectivity index is 2.00. The van der Waals surface area contributed by atoms with E-state index in [0.29, 0.717) is 6.54 Å². The highest BCUT2D eigenvalue weighted by Gasteiger charge is 2.04. The van der Waals surface area contributed by atoms with Crippen LogP contribution in [0.3, 0.4) is 0 Å². The first-order valence-electron chi connectivity index (χ1n) is 6.53. The number of fused-ring (bicyclic) bond motifs is 1. The second kappa shape index (κ2) is 6.81. The minimum atomic E-state index is 0.00656. The molecule has 4 nitrogen and oxygen atoms in total. The van der Waals surface area contributed by atoms with E-state index >= 15 is 0 Å². The van der Waals surface area contributed by atoms with Crippen LogP contribution in [-0.2, 0) is 11.3 Å². The summed E-state index contributed by atoms with van der Waals surface area (Å²) < 4.78 is 1.04. The molecule has 1 amide bonds. The van der Waals surface area contributed by atoms with Crippen molar-refractivity contribution in [2.75, 3.05) is 20.1 Å². The number of amides is 1. The smallest absolute Gasteiger partial charge is 0.216 e. The van der Waals surface area contributed by atoms with Crippen LogP contribution in [0, 0.1) is 0 Å². The zero-order valence-corrected chi connectivity index (χ0v) is 13.3. The fraction of sp³-hybridized carbons (Fsp3) is 0.333. The molecule has 0 fully saturated rings. The fourth-order valence-corrected chi connectivity index (χ4v) is 2.35. The zero-order chi connectivity index (χ0) is 14.5. The molecule has 2 rings (SSSR count). The maximum absolute atomic E-state index is 10.8. The van der Waals surface area contributed by atoms with Crippen molar-refractivity contribution in [3.63, 3.8) is 0 Å². The Morgan fingerprint density at radius 1 is 1.35 bits per heavy atom. The lowest BCUT2D eigenvalue weighted by atomic mass is 10.2. The van der Waals surface area contributed by atoms with Crippen LogP contribution in [0.2, 0.25) is 0 Å². The third-order valence-electron chi connectivity index (χ3n) is 3.01. The molecule has 0 atom stereocenters. The molecule has 0 aliphatic heterocycles. The van der Waals surface area contributed by atoms with Gasteiger partial charge in [0.15, 0.2) is 0 Å². The van der Waals surface area contributed by atoms with Gasteiger partial charge in [-0.2, -0.15) is 0 Å². The maximum Gasteiger partial charge on any atom is 0.216 e. The van der Waals surface area contributed by atoms with E-state index in [1.807, 2.05) is 25.2 Å². The maximum atomic E-state index is 10.8. The van der Waals surface area contributed by atoms with E-state index in [1.165, 1.54) is 6.92 Å². The van der Waals surface area contributed by atoms with Gasteiger partial charge in [-0.1, -0.05) is 28.1 Å². The quantitative estimate of drug-likeness (QED) is 0.913. The number of nitrogens with one attached hydrogen (secondary N) is 1. The molecule has 1 N–H and O–H groups in total. The van der Waals surface area contributed by atoms with Crippen LogP contribution in [0.5, 0.6) is 0 Å². The molecule has 0 unspecified atom stereocenters. The van der Waals surface area contributed by atoms with Crippen molar-refractivity contribution in [3.05, 3.63) is 40.5 Å². The summed E-state index contributed by atoms with van der Waals surface area (Å²) in [7, 11) is 2.02. The van der Waals surface area contributed by atoms with Crippen molar-refractivity contribution in [3.8, 4) is 0 Å². The van der Waals surface area contributed by atoms with Crippen molar-refractivity contribution in [1.29, 1.82) is 0 Å². The minimum Gasteiger partial charge on any atom is -0.355 e. The van der Waals surface area contributed by atoms with Gasteiger partial charge >= 0.3 is 0 Å². The van der Waals surface area contributed by atoms with Gasteiger partial charge in [-0.05, 0) is 25.2 Å². The predicted octanol–water partition coefficient (Wildman–Crippen LogP) is 2.57. The highest BCUT2D eigenvalue weighted by molar-refractivity contribution is 9.10. The molecule has 0 aliphatic rings. The van der Waals surface area contributed by atoms with E-state index in [4.69, 9.17) is 0 Å². The molecule has 5 heteroatoms. The largest absolute Gasteiger partial charge is 0.355 e. The Labute approximate surface area is 127 Å². The van der Waals surface area contributed by atoms with Gasteiger partial charge in [0.05, 0.1) is 11.2 Å². The number of nitrogens with zero attached hydrogens (tertiary/aromatic N) is 2. The summed E-state index contributed by atoms with van der Waals surface area (Å²) >= 11 is 3.46. The number of hydrogen-bond acceptors (Lipinski definition) is 3. The standard InChI is InChI=1S/C15H18BrN3O/c1-11(20)17-7-8-19(2)10-14-6-4-12-3-5-13(16)9-15(12)18-14/h3-6,9H,7-8,10H2,1-2H3,(H,17,20). The average molecular weight is 336 g/mol. The van der Waals surface area contributed by atoms with E-state index in [1.54, 1.807) is 0 Å². The monoisotopic (exact) mass is 335 g/mol. The molecule has 0 aliphatic carbocycles. The number of halogens is 1. The second-order valence-corrected chi connectivity index (χ2v) is 5.78. The van der Waals surface area contributed by atoms with Crippen LogP contribution < -0.4 is 5.32 Å². The summed E-state index contributed by atoms with van der Waals surface area (Å²) in [4.78, 5) is 17.6. The number of carbonyl (C=O) groups excluding carboxylic acids is 1. The molecular formula is C15H18BrN3O. The van der Waals surface area contributed by atoms with Crippen LogP contribution in [0.4, 0.5) is 0 Å². The molecule has 106 valence electrons. The van der Waals surface area contributed by atoms with Gasteiger partial charge in [0.2, 0.25) is 5.91 Å². The van der Waals surface area contributed by atoms with Gasteiger partial charge in [0, 0.05) is 36.4 Å². The van der Waals surface area contributed by atoms with E-state index < -0.39 is 0 Å². The van der Waals surface area contributed by atoms with Crippen LogP contribution >= 0.6 is 15.9 Å². The lowest BCUT2D eigenvalue weighted by Crippen LogP contribution is -2.31. The summed E-state index contributed by atoms with van der Waals surface area (Å²) in [5.74, 6) is 0.00656. The molecule has 0 bridgehead atoms. The van der Waals surface area contributed by atoms with Crippen LogP contribution in [0.25, 0.3) is 10.9 Å². The molecular weight excluding hydrogens is 318 g/mol. The molecule has 20 heavy (non-hydrogen) atoms. The number of rotatable bonds is 5. The first-order valence-corrected chi connectivity index (χ1v) is 7.32. The first kappa shape index (κ1) is 14.9. The molecule has 0 radical (unpaired) electrons. The van der Waals surface area contributed by atoms with Gasteiger partial charge in [0.25, 0.3) is 0 Å². The van der Waals surface area contributed by atoms with Gasteiger partial charge in [-0.25, -0.2) is 0 Å². The van der Waals surface area contributed by atoms with Crippen molar-refractivity contribution in [2.45, 2.75) is 13.5 Å². The third-order valence-corrected chi connectivity index (χ3v) is 3.50. The molecule has 2 aromatic rings. The SMILES string of the molecule is CC(=O)NCCN(C)Cc1ccc2ccc(Br)cc2n1. The van der Waals surface area contributed by atoms with E-state index in [9.17, 15) is 4.79 Å². The summed E-state index contributed by atoms with van der Waals surface area (Å²) in [5, 5.41) is 3.93. The summed E-state index contributed by atoms with van der Waals surface area (Å²) in [6, 6.07) is 10.2. The number of likely N-dealkylation sites (N-methyl/N-ethyl adjacent to an activating group) is 1. The summed E-state index contributed by atoms with van der Waals surface area (Å²) in [6.45, 7) is 3.76. The summed E-state index contributed by atoms with van der Waals surface area (Å²) in [5.41, 5.74) is 2.02. The second-order valence-electron chi connectivity index (χ2n) is 4.86. The van der Waals surface area contributed by atoms with Crippen molar-refractivity contribution in [2.24, 2.45) is 0 Å². The number of pyridine rings is 1. The van der Waals surface area contributed by atoms with Crippen molar-refractivity contribution in [1.82, 2.24) is 15.2 Å². The average Bonchev–Trinajstić information content (AvgIpc) is 2.37. The molecule has 1 aromatic carbocycles.